The van der Waals surface area contributed by atoms with E-state index in [0.29, 0.717) is 13.1 Å². The first-order chi connectivity index (χ1) is 11.7. The molecular formula is C19H26N2O2S. The summed E-state index contributed by atoms with van der Waals surface area (Å²) in [4.78, 5) is 5.77. The summed E-state index contributed by atoms with van der Waals surface area (Å²) in [5.74, 6) is 0. The lowest BCUT2D eigenvalue weighted by atomic mass is 10.2. The van der Waals surface area contributed by atoms with Crippen LogP contribution in [0.5, 0.6) is 0 Å². The molecule has 0 radical (unpaired) electrons. The van der Waals surface area contributed by atoms with Crippen LogP contribution in [0.3, 0.4) is 0 Å². The van der Waals surface area contributed by atoms with Gasteiger partial charge in [0.15, 0.2) is 0 Å². The van der Waals surface area contributed by atoms with Crippen molar-refractivity contribution in [2.45, 2.75) is 18.8 Å². The highest BCUT2D eigenvalue weighted by molar-refractivity contribution is 7.10. The summed E-state index contributed by atoms with van der Waals surface area (Å²) in [6, 6.07) is 14.6. The lowest BCUT2D eigenvalue weighted by molar-refractivity contribution is -0.0429. The van der Waals surface area contributed by atoms with E-state index in [1.807, 2.05) is 6.07 Å². The average molecular weight is 346 g/mol. The van der Waals surface area contributed by atoms with E-state index in [0.717, 1.165) is 26.2 Å². The van der Waals surface area contributed by atoms with Crippen molar-refractivity contribution in [3.8, 4) is 0 Å². The van der Waals surface area contributed by atoms with Crippen LogP contribution >= 0.6 is 11.3 Å². The summed E-state index contributed by atoms with van der Waals surface area (Å²) in [5.41, 5.74) is 1.27. The molecule has 2 heterocycles. The van der Waals surface area contributed by atoms with E-state index in [4.69, 9.17) is 4.74 Å². The Bertz CT molecular complexity index is 591. The molecule has 3 rings (SSSR count). The summed E-state index contributed by atoms with van der Waals surface area (Å²) in [6.07, 6.45) is -0.200. The summed E-state index contributed by atoms with van der Waals surface area (Å²) < 4.78 is 5.87. The van der Waals surface area contributed by atoms with E-state index in [-0.39, 0.29) is 12.2 Å². The van der Waals surface area contributed by atoms with Gasteiger partial charge in [0, 0.05) is 37.6 Å². The van der Waals surface area contributed by atoms with Crippen LogP contribution in [-0.4, -0.2) is 60.8 Å². The van der Waals surface area contributed by atoms with Crippen molar-refractivity contribution in [2.75, 3.05) is 39.8 Å². The molecule has 2 aromatic rings. The van der Waals surface area contributed by atoms with Gasteiger partial charge in [-0.25, -0.2) is 0 Å². The van der Waals surface area contributed by atoms with Crippen LogP contribution in [0.4, 0.5) is 0 Å². The number of aliphatic hydroxyl groups is 1. The third-order valence-electron chi connectivity index (χ3n) is 4.30. The number of rotatable bonds is 7. The third kappa shape index (κ3) is 5.13. The molecule has 1 N–H and O–H groups in total. The zero-order valence-electron chi connectivity index (χ0n) is 14.2. The van der Waals surface area contributed by atoms with Gasteiger partial charge in [0.1, 0.15) is 6.10 Å². The molecule has 0 amide bonds. The number of hydrogen-bond acceptors (Lipinski definition) is 5. The minimum atomic E-state index is -0.346. The summed E-state index contributed by atoms with van der Waals surface area (Å²) in [7, 11) is 2.06. The number of morpholine rings is 1. The first-order valence-electron chi connectivity index (χ1n) is 8.48. The number of β-amino-alcohol motifs (C(OH)–C–C–N with tert-alkyl or cyclic N) is 1. The van der Waals surface area contributed by atoms with Crippen molar-refractivity contribution >= 4 is 11.3 Å². The molecule has 24 heavy (non-hydrogen) atoms. The number of hydrogen-bond donors (Lipinski definition) is 1. The maximum atomic E-state index is 10.4. The second-order valence-corrected chi connectivity index (χ2v) is 7.45. The van der Waals surface area contributed by atoms with Gasteiger partial charge >= 0.3 is 0 Å². The predicted molar refractivity (Wildman–Crippen MR) is 98.2 cm³/mol. The second kappa shape index (κ2) is 8.74. The highest BCUT2D eigenvalue weighted by Crippen LogP contribution is 2.26. The Hall–Kier alpha value is -1.24. The first-order valence-corrected chi connectivity index (χ1v) is 9.36. The van der Waals surface area contributed by atoms with Gasteiger partial charge < -0.3 is 9.84 Å². The molecule has 5 heteroatoms. The summed E-state index contributed by atoms with van der Waals surface area (Å²) >= 11 is 1.74. The third-order valence-corrected chi connectivity index (χ3v) is 5.26. The molecule has 1 saturated heterocycles. The molecule has 2 atom stereocenters. The molecular weight excluding hydrogens is 320 g/mol. The lowest BCUT2D eigenvalue weighted by Gasteiger charge is -2.34. The van der Waals surface area contributed by atoms with E-state index in [1.54, 1.807) is 11.3 Å². The normalized spacial score (nSPS) is 20.4. The Morgan fingerprint density at radius 3 is 2.88 bits per heavy atom. The number of thiophene rings is 1. The van der Waals surface area contributed by atoms with Crippen molar-refractivity contribution in [1.82, 2.24) is 9.80 Å². The van der Waals surface area contributed by atoms with Crippen LogP contribution in [0.15, 0.2) is 47.8 Å². The van der Waals surface area contributed by atoms with Gasteiger partial charge in [-0.15, -0.1) is 11.3 Å². The maximum absolute atomic E-state index is 10.4. The molecule has 0 spiro atoms. The largest absolute Gasteiger partial charge is 0.390 e. The molecule has 1 aliphatic heterocycles. The quantitative estimate of drug-likeness (QED) is 0.836. The van der Waals surface area contributed by atoms with Crippen molar-refractivity contribution < 1.29 is 9.84 Å². The molecule has 4 nitrogen and oxygen atoms in total. The van der Waals surface area contributed by atoms with Gasteiger partial charge in [-0.1, -0.05) is 36.4 Å². The van der Waals surface area contributed by atoms with Crippen LogP contribution in [0, 0.1) is 0 Å². The van der Waals surface area contributed by atoms with Crippen molar-refractivity contribution in [3.63, 3.8) is 0 Å². The van der Waals surface area contributed by atoms with Gasteiger partial charge in [0.25, 0.3) is 0 Å². The highest BCUT2D eigenvalue weighted by atomic mass is 32.1. The first kappa shape index (κ1) is 17.6. The Morgan fingerprint density at radius 1 is 1.29 bits per heavy atom. The van der Waals surface area contributed by atoms with Gasteiger partial charge in [-0.05, 0) is 24.1 Å². The van der Waals surface area contributed by atoms with E-state index >= 15 is 0 Å². The molecule has 1 aromatic heterocycles. The predicted octanol–water partition coefficient (Wildman–Crippen LogP) is 2.61. The fourth-order valence-corrected chi connectivity index (χ4v) is 3.96. The van der Waals surface area contributed by atoms with Crippen molar-refractivity contribution in [1.29, 1.82) is 0 Å². The van der Waals surface area contributed by atoms with E-state index in [9.17, 15) is 5.11 Å². The Kier molecular flexibility index (Phi) is 6.40. The zero-order chi connectivity index (χ0) is 16.8. The molecule has 0 saturated carbocycles. The van der Waals surface area contributed by atoms with Crippen LogP contribution in [0.25, 0.3) is 0 Å². The van der Waals surface area contributed by atoms with Gasteiger partial charge in [-0.2, -0.15) is 0 Å². The van der Waals surface area contributed by atoms with E-state index in [1.165, 1.54) is 10.4 Å². The Balaban J connectivity index is 1.45. The molecule has 0 bridgehead atoms. The van der Waals surface area contributed by atoms with Crippen LogP contribution in [0.2, 0.25) is 0 Å². The second-order valence-electron chi connectivity index (χ2n) is 6.47. The number of benzene rings is 1. The van der Waals surface area contributed by atoms with E-state index < -0.39 is 0 Å². The van der Waals surface area contributed by atoms with Gasteiger partial charge in [0.2, 0.25) is 0 Å². The Labute approximate surface area is 148 Å². The van der Waals surface area contributed by atoms with Gasteiger partial charge in [0.05, 0.1) is 12.7 Å². The smallest absolute Gasteiger partial charge is 0.104 e. The summed E-state index contributed by atoms with van der Waals surface area (Å²) in [5, 5.41) is 12.5. The molecule has 130 valence electrons. The standard InChI is InChI=1S/C19H26N2O2S/c1-20(12-16-6-3-2-4-7-16)13-17(22)14-21-9-10-23-18(15-21)19-8-5-11-24-19/h2-8,11,17-18,22H,9-10,12-15H2,1H3. The maximum Gasteiger partial charge on any atom is 0.104 e. The number of nitrogens with zero attached hydrogens (tertiary/aromatic N) is 2. The average Bonchev–Trinajstić information content (AvgIpc) is 3.10. The van der Waals surface area contributed by atoms with Crippen molar-refractivity contribution in [3.05, 3.63) is 58.3 Å². The number of likely N-dealkylation sites (N-methyl/N-ethyl adjacent to an activating group) is 1. The van der Waals surface area contributed by atoms with Crippen LogP contribution < -0.4 is 0 Å². The van der Waals surface area contributed by atoms with Crippen molar-refractivity contribution in [2.24, 2.45) is 0 Å². The van der Waals surface area contributed by atoms with Gasteiger partial charge in [-0.3, -0.25) is 9.80 Å². The number of ether oxygens (including phenoxy) is 1. The SMILES string of the molecule is CN(Cc1ccccc1)CC(O)CN1CCOC(c2cccs2)C1. The number of aliphatic hydroxyl groups excluding tert-OH is 1. The van der Waals surface area contributed by atoms with Crippen LogP contribution in [0.1, 0.15) is 16.5 Å². The van der Waals surface area contributed by atoms with E-state index in [2.05, 4.69) is 58.6 Å². The minimum absolute atomic E-state index is 0.146. The molecule has 1 aromatic carbocycles. The Morgan fingerprint density at radius 2 is 2.12 bits per heavy atom. The molecule has 2 unspecified atom stereocenters. The molecule has 0 aliphatic carbocycles. The molecule has 1 aliphatic rings. The fourth-order valence-electron chi connectivity index (χ4n) is 3.19. The lowest BCUT2D eigenvalue weighted by Crippen LogP contribution is -2.44. The highest BCUT2D eigenvalue weighted by Gasteiger charge is 2.24. The zero-order valence-corrected chi connectivity index (χ0v) is 15.0. The molecule has 1 fully saturated rings. The monoisotopic (exact) mass is 346 g/mol. The summed E-state index contributed by atoms with van der Waals surface area (Å²) in [6.45, 7) is 4.72. The minimum Gasteiger partial charge on any atom is -0.390 e. The van der Waals surface area contributed by atoms with Crippen LogP contribution in [-0.2, 0) is 11.3 Å². The topological polar surface area (TPSA) is 35.9 Å². The fraction of sp³-hybridized carbons (Fsp3) is 0.474.